The zero-order chi connectivity index (χ0) is 13.5. The second-order valence-electron chi connectivity index (χ2n) is 3.44. The van der Waals surface area contributed by atoms with Crippen molar-refractivity contribution in [3.8, 4) is 0 Å². The molecule has 3 amide bonds. The number of hydrogen-bond acceptors (Lipinski definition) is 5. The van der Waals surface area contributed by atoms with Crippen LogP contribution in [0.5, 0.6) is 0 Å². The lowest BCUT2D eigenvalue weighted by Crippen LogP contribution is -2.51. The lowest BCUT2D eigenvalue weighted by atomic mass is 10.1. The van der Waals surface area contributed by atoms with Crippen LogP contribution in [-0.4, -0.2) is 40.5 Å². The molecule has 1 atom stereocenters. The number of H-pyrrole nitrogens is 1. The van der Waals surface area contributed by atoms with E-state index < -0.39 is 30.5 Å². The van der Waals surface area contributed by atoms with Gasteiger partial charge in [0, 0.05) is 18.3 Å². The van der Waals surface area contributed by atoms with E-state index in [1.807, 2.05) is 5.32 Å². The van der Waals surface area contributed by atoms with Crippen LogP contribution in [0.3, 0.4) is 0 Å². The fourth-order valence-corrected chi connectivity index (χ4v) is 1.22. The third-order valence-electron chi connectivity index (χ3n) is 2.02. The molecule has 98 valence electrons. The fraction of sp³-hybridized carbons (Fsp3) is 0.333. The highest BCUT2D eigenvalue weighted by Gasteiger charge is 2.15. The first-order valence-electron chi connectivity index (χ1n) is 5.00. The van der Waals surface area contributed by atoms with Crippen molar-refractivity contribution in [3.63, 3.8) is 0 Å². The summed E-state index contributed by atoms with van der Waals surface area (Å²) in [6, 6.07) is -2.09. The van der Waals surface area contributed by atoms with E-state index in [-0.39, 0.29) is 6.42 Å². The maximum atomic E-state index is 11.3. The van der Waals surface area contributed by atoms with Gasteiger partial charge in [0.05, 0.1) is 24.9 Å². The van der Waals surface area contributed by atoms with E-state index in [9.17, 15) is 19.5 Å². The number of carboxylic acids is 1. The molecule has 1 aromatic heterocycles. The normalized spacial score (nSPS) is 11.6. The molecule has 0 radical (unpaired) electrons. The number of carbonyl (C=O) groups is 3. The molecule has 0 aromatic carbocycles. The molecule has 0 aliphatic heterocycles. The first-order valence-corrected chi connectivity index (χ1v) is 5.00. The van der Waals surface area contributed by atoms with Gasteiger partial charge in [0.2, 0.25) is 5.91 Å². The van der Waals surface area contributed by atoms with Crippen LogP contribution in [0.4, 0.5) is 4.79 Å². The van der Waals surface area contributed by atoms with Crippen molar-refractivity contribution in [1.82, 2.24) is 20.6 Å². The van der Waals surface area contributed by atoms with E-state index in [1.165, 1.54) is 12.5 Å². The quantitative estimate of drug-likeness (QED) is 0.422. The van der Waals surface area contributed by atoms with Crippen molar-refractivity contribution < 1.29 is 19.5 Å². The Hall–Kier alpha value is -2.58. The Morgan fingerprint density at radius 1 is 1.50 bits per heavy atom. The van der Waals surface area contributed by atoms with Gasteiger partial charge in [0.1, 0.15) is 0 Å². The van der Waals surface area contributed by atoms with Crippen LogP contribution in [-0.2, 0) is 16.0 Å². The van der Waals surface area contributed by atoms with Gasteiger partial charge in [0.25, 0.3) is 0 Å². The summed E-state index contributed by atoms with van der Waals surface area (Å²) < 4.78 is 0. The third-order valence-corrected chi connectivity index (χ3v) is 2.02. The predicted octanol–water partition coefficient (Wildman–Crippen LogP) is -3.14. The van der Waals surface area contributed by atoms with Gasteiger partial charge in [-0.05, 0) is 0 Å². The van der Waals surface area contributed by atoms with Gasteiger partial charge in [-0.1, -0.05) is 0 Å². The minimum atomic E-state index is -1.43. The zero-order valence-electron chi connectivity index (χ0n) is 9.30. The van der Waals surface area contributed by atoms with Crippen molar-refractivity contribution in [1.29, 1.82) is 0 Å². The van der Waals surface area contributed by atoms with E-state index in [0.29, 0.717) is 5.69 Å². The van der Waals surface area contributed by atoms with Crippen molar-refractivity contribution in [2.75, 3.05) is 6.54 Å². The summed E-state index contributed by atoms with van der Waals surface area (Å²) in [5.74, 6) is -2.11. The number of urea groups is 1. The fourth-order valence-electron chi connectivity index (χ4n) is 1.22. The van der Waals surface area contributed by atoms with Gasteiger partial charge >= 0.3 is 6.03 Å². The Morgan fingerprint density at radius 2 is 2.22 bits per heavy atom. The monoisotopic (exact) mass is 254 g/mol. The van der Waals surface area contributed by atoms with Crippen molar-refractivity contribution in [2.24, 2.45) is 5.73 Å². The molecule has 0 fully saturated rings. The summed E-state index contributed by atoms with van der Waals surface area (Å²) in [5, 5.41) is 15.1. The largest absolute Gasteiger partial charge is 0.548 e. The minimum absolute atomic E-state index is 0.00461. The van der Waals surface area contributed by atoms with E-state index in [4.69, 9.17) is 5.73 Å². The molecule has 0 saturated heterocycles. The number of aliphatic carboxylic acids is 1. The van der Waals surface area contributed by atoms with Gasteiger partial charge in [-0.2, -0.15) is 0 Å². The second kappa shape index (κ2) is 6.23. The van der Waals surface area contributed by atoms with Crippen LogP contribution in [0.15, 0.2) is 12.5 Å². The highest BCUT2D eigenvalue weighted by atomic mass is 16.4. The lowest BCUT2D eigenvalue weighted by molar-refractivity contribution is -0.308. The van der Waals surface area contributed by atoms with Gasteiger partial charge < -0.3 is 31.3 Å². The van der Waals surface area contributed by atoms with Crippen molar-refractivity contribution in [3.05, 3.63) is 18.2 Å². The molecule has 18 heavy (non-hydrogen) atoms. The Kier molecular flexibility index (Phi) is 4.67. The summed E-state index contributed by atoms with van der Waals surface area (Å²) in [5.41, 5.74) is 5.30. The van der Waals surface area contributed by atoms with Crippen molar-refractivity contribution in [2.45, 2.75) is 12.5 Å². The number of hydrogen-bond donors (Lipinski definition) is 4. The van der Waals surface area contributed by atoms with Crippen molar-refractivity contribution >= 4 is 17.9 Å². The Morgan fingerprint density at radius 3 is 2.72 bits per heavy atom. The lowest BCUT2D eigenvalue weighted by Gasteiger charge is -2.18. The number of imidazole rings is 1. The first-order chi connectivity index (χ1) is 8.49. The van der Waals surface area contributed by atoms with E-state index in [0.717, 1.165) is 0 Å². The summed E-state index contributed by atoms with van der Waals surface area (Å²) in [6.45, 7) is -0.401. The Bertz CT molecular complexity index is 430. The number of nitrogens with zero attached hydrogens (tertiary/aromatic N) is 1. The van der Waals surface area contributed by atoms with Crippen LogP contribution in [0.2, 0.25) is 0 Å². The smallest absolute Gasteiger partial charge is 0.312 e. The standard InChI is InChI=1S/C9H13N5O4/c10-9(18)12-3-7(15)14-6(8(16)17)1-5-2-11-4-13-5/h2,4,6H,1,3H2,(H,11,13)(H,14,15)(H,16,17)(H3,10,12,18)/p-1/t6-/m0/s1. The maximum absolute atomic E-state index is 11.3. The van der Waals surface area contributed by atoms with E-state index >= 15 is 0 Å². The number of aromatic nitrogens is 2. The molecule has 0 spiro atoms. The molecule has 5 N–H and O–H groups in total. The molecule has 9 nitrogen and oxygen atoms in total. The molecule has 0 bridgehead atoms. The second-order valence-corrected chi connectivity index (χ2v) is 3.44. The van der Waals surface area contributed by atoms with Crippen LogP contribution >= 0.6 is 0 Å². The van der Waals surface area contributed by atoms with Gasteiger partial charge in [0.15, 0.2) is 0 Å². The van der Waals surface area contributed by atoms with Crippen LogP contribution in [0.25, 0.3) is 0 Å². The number of carboxylic acid groups (broad SMARTS) is 1. The minimum Gasteiger partial charge on any atom is -0.548 e. The highest BCUT2D eigenvalue weighted by molar-refractivity contribution is 5.86. The van der Waals surface area contributed by atoms with Gasteiger partial charge in [-0.15, -0.1) is 0 Å². The number of nitrogens with one attached hydrogen (secondary N) is 3. The van der Waals surface area contributed by atoms with E-state index in [2.05, 4.69) is 15.3 Å². The number of carbonyl (C=O) groups excluding carboxylic acids is 3. The molecule has 0 aliphatic carbocycles. The SMILES string of the molecule is NC(=O)NCC(=O)N[C@@H](Cc1cnc[nH]1)C(=O)[O-]. The van der Waals surface area contributed by atoms with Gasteiger partial charge in [-0.3, -0.25) is 4.79 Å². The first kappa shape index (κ1) is 13.5. The van der Waals surface area contributed by atoms with Crippen LogP contribution in [0, 0.1) is 0 Å². The topological polar surface area (TPSA) is 153 Å². The zero-order valence-corrected chi connectivity index (χ0v) is 9.30. The molecule has 1 heterocycles. The molecular formula is C9H12N5O4-. The summed E-state index contributed by atoms with van der Waals surface area (Å²) in [6.07, 6.45) is 2.83. The molecule has 1 rings (SSSR count). The molecular weight excluding hydrogens is 242 g/mol. The summed E-state index contributed by atoms with van der Waals surface area (Å²) in [7, 11) is 0. The Balaban J connectivity index is 2.50. The summed E-state index contributed by atoms with van der Waals surface area (Å²) >= 11 is 0. The number of nitrogens with two attached hydrogens (primary N) is 1. The number of amides is 3. The summed E-state index contributed by atoms with van der Waals surface area (Å²) in [4.78, 5) is 38.9. The third kappa shape index (κ3) is 4.51. The number of aromatic amines is 1. The maximum Gasteiger partial charge on any atom is 0.312 e. The molecule has 0 aliphatic rings. The molecule has 1 aromatic rings. The number of rotatable bonds is 6. The van der Waals surface area contributed by atoms with Gasteiger partial charge in [-0.25, -0.2) is 9.78 Å². The average molecular weight is 254 g/mol. The molecule has 0 unspecified atom stereocenters. The Labute approximate surface area is 102 Å². The van der Waals surface area contributed by atoms with Crippen LogP contribution < -0.4 is 21.5 Å². The average Bonchev–Trinajstić information content (AvgIpc) is 2.78. The van der Waals surface area contributed by atoms with E-state index in [1.54, 1.807) is 0 Å². The predicted molar refractivity (Wildman–Crippen MR) is 56.8 cm³/mol. The highest BCUT2D eigenvalue weighted by Crippen LogP contribution is 1.97. The number of primary amides is 1. The molecule has 9 heteroatoms. The van der Waals surface area contributed by atoms with Crippen LogP contribution in [0.1, 0.15) is 5.69 Å². The molecule has 0 saturated carbocycles.